The Balaban J connectivity index is 1.61. The van der Waals surface area contributed by atoms with Crippen molar-refractivity contribution in [3.8, 4) is 10.6 Å². The van der Waals surface area contributed by atoms with Gasteiger partial charge in [-0.2, -0.15) is 0 Å². The van der Waals surface area contributed by atoms with Crippen LogP contribution in [0.3, 0.4) is 0 Å². The molecule has 0 atom stereocenters. The Hall–Kier alpha value is -2.84. The molecule has 8 heteroatoms. The number of benzene rings is 1. The highest BCUT2D eigenvalue weighted by Gasteiger charge is 2.15. The average molecular weight is 399 g/mol. The largest absolute Gasteiger partial charge is 0.294 e. The first-order valence-corrected chi connectivity index (χ1v) is 9.94. The van der Waals surface area contributed by atoms with Crippen molar-refractivity contribution in [3.63, 3.8) is 0 Å². The standard InChI is InChI=1S/C19H17N3O3S2/c1-3-12-4-6-13(7-5-12)19-20-14(10-26-19)17(24)21-22-18(25)16-9-8-15(27-16)11(2)23/h4-10H,3H2,1-2H3,(H,21,24)(H,22,25). The molecule has 2 aromatic heterocycles. The number of amides is 2. The molecule has 0 aliphatic heterocycles. The van der Waals surface area contributed by atoms with Crippen molar-refractivity contribution < 1.29 is 14.4 Å². The molecule has 6 nitrogen and oxygen atoms in total. The van der Waals surface area contributed by atoms with Crippen LogP contribution >= 0.6 is 22.7 Å². The fraction of sp³-hybridized carbons (Fsp3) is 0.158. The molecule has 0 saturated carbocycles. The van der Waals surface area contributed by atoms with Crippen molar-refractivity contribution in [2.45, 2.75) is 20.3 Å². The molecule has 0 saturated heterocycles. The smallest absolute Gasteiger partial charge is 0.289 e. The summed E-state index contributed by atoms with van der Waals surface area (Å²) in [6.45, 7) is 3.52. The zero-order valence-corrected chi connectivity index (χ0v) is 16.4. The number of hydrazine groups is 1. The van der Waals surface area contributed by atoms with Gasteiger partial charge in [0.15, 0.2) is 5.78 Å². The van der Waals surface area contributed by atoms with Crippen molar-refractivity contribution >= 4 is 40.3 Å². The number of aromatic nitrogens is 1. The molecule has 2 amide bonds. The van der Waals surface area contributed by atoms with E-state index in [9.17, 15) is 14.4 Å². The first-order valence-electron chi connectivity index (χ1n) is 8.24. The summed E-state index contributed by atoms with van der Waals surface area (Å²) in [5, 5.41) is 2.38. The minimum Gasteiger partial charge on any atom is -0.294 e. The van der Waals surface area contributed by atoms with Gasteiger partial charge in [0.05, 0.1) is 9.75 Å². The molecule has 0 unspecified atom stereocenters. The zero-order valence-electron chi connectivity index (χ0n) is 14.7. The maximum Gasteiger partial charge on any atom is 0.289 e. The van der Waals surface area contributed by atoms with Crippen LogP contribution in [0.5, 0.6) is 0 Å². The van der Waals surface area contributed by atoms with Gasteiger partial charge in [0.1, 0.15) is 10.7 Å². The predicted octanol–water partition coefficient (Wildman–Crippen LogP) is 3.71. The Bertz CT molecular complexity index is 990. The van der Waals surface area contributed by atoms with Crippen LogP contribution in [-0.4, -0.2) is 22.6 Å². The lowest BCUT2D eigenvalue weighted by Crippen LogP contribution is -2.41. The lowest BCUT2D eigenvalue weighted by atomic mass is 10.1. The van der Waals surface area contributed by atoms with Gasteiger partial charge in [0.25, 0.3) is 11.8 Å². The summed E-state index contributed by atoms with van der Waals surface area (Å²) in [4.78, 5) is 40.7. The number of aryl methyl sites for hydroxylation is 1. The Morgan fingerprint density at radius 2 is 1.63 bits per heavy atom. The van der Waals surface area contributed by atoms with Gasteiger partial charge < -0.3 is 0 Å². The number of carbonyl (C=O) groups is 3. The molecule has 0 fully saturated rings. The van der Waals surface area contributed by atoms with Crippen LogP contribution in [0.4, 0.5) is 0 Å². The molecule has 3 rings (SSSR count). The maximum absolute atomic E-state index is 12.2. The third-order valence-corrected chi connectivity index (χ3v) is 5.89. The molecule has 27 heavy (non-hydrogen) atoms. The number of hydrogen-bond donors (Lipinski definition) is 2. The van der Waals surface area contributed by atoms with E-state index < -0.39 is 11.8 Å². The normalized spacial score (nSPS) is 10.4. The highest BCUT2D eigenvalue weighted by Crippen LogP contribution is 2.24. The van der Waals surface area contributed by atoms with Crippen LogP contribution in [0.1, 0.15) is 49.2 Å². The van der Waals surface area contributed by atoms with Crippen LogP contribution in [-0.2, 0) is 6.42 Å². The number of hydrogen-bond acceptors (Lipinski definition) is 6. The minimum absolute atomic E-state index is 0.106. The van der Waals surface area contributed by atoms with Gasteiger partial charge in [-0.05, 0) is 31.0 Å². The first kappa shape index (κ1) is 18.9. The van der Waals surface area contributed by atoms with Crippen LogP contribution in [0.2, 0.25) is 0 Å². The SMILES string of the molecule is CCc1ccc(-c2nc(C(=O)NNC(=O)c3ccc(C(C)=O)s3)cs2)cc1. The van der Waals surface area contributed by atoms with Gasteiger partial charge in [-0.25, -0.2) is 4.98 Å². The Morgan fingerprint density at radius 1 is 0.963 bits per heavy atom. The zero-order chi connectivity index (χ0) is 19.4. The van der Waals surface area contributed by atoms with Gasteiger partial charge >= 0.3 is 0 Å². The summed E-state index contributed by atoms with van der Waals surface area (Å²) in [6.07, 6.45) is 0.962. The van der Waals surface area contributed by atoms with Gasteiger partial charge in [-0.1, -0.05) is 31.2 Å². The third-order valence-electron chi connectivity index (χ3n) is 3.81. The Labute approximate surface area is 164 Å². The maximum atomic E-state index is 12.2. The van der Waals surface area contributed by atoms with Crippen molar-refractivity contribution in [1.82, 2.24) is 15.8 Å². The van der Waals surface area contributed by atoms with E-state index in [1.165, 1.54) is 23.8 Å². The Kier molecular flexibility index (Phi) is 5.78. The Morgan fingerprint density at radius 3 is 2.26 bits per heavy atom. The molecule has 138 valence electrons. The summed E-state index contributed by atoms with van der Waals surface area (Å²) >= 11 is 2.44. The molecule has 0 bridgehead atoms. The molecule has 2 heterocycles. The number of Topliss-reactive ketones (excluding diaryl/α,β-unsaturated/α-hetero) is 1. The lowest BCUT2D eigenvalue weighted by molar-refractivity contribution is 0.0846. The molecule has 0 spiro atoms. The van der Waals surface area contributed by atoms with E-state index in [-0.39, 0.29) is 11.5 Å². The average Bonchev–Trinajstić information content (AvgIpc) is 3.35. The van der Waals surface area contributed by atoms with E-state index in [1.807, 2.05) is 24.3 Å². The first-order chi connectivity index (χ1) is 13.0. The fourth-order valence-corrected chi connectivity index (χ4v) is 3.88. The monoisotopic (exact) mass is 399 g/mol. The van der Waals surface area contributed by atoms with Crippen LogP contribution in [0, 0.1) is 0 Å². The van der Waals surface area contributed by atoms with Crippen molar-refractivity contribution in [2.75, 3.05) is 0 Å². The summed E-state index contributed by atoms with van der Waals surface area (Å²) in [6, 6.07) is 11.2. The molecule has 3 aromatic rings. The summed E-state index contributed by atoms with van der Waals surface area (Å²) in [5.41, 5.74) is 7.09. The number of carbonyl (C=O) groups excluding carboxylic acids is 3. The van der Waals surface area contributed by atoms with Crippen LogP contribution < -0.4 is 10.9 Å². The second kappa shape index (κ2) is 8.24. The van der Waals surface area contributed by atoms with Crippen molar-refractivity contribution in [3.05, 3.63) is 62.8 Å². The van der Waals surface area contributed by atoms with Gasteiger partial charge in [0.2, 0.25) is 0 Å². The van der Waals surface area contributed by atoms with E-state index in [0.717, 1.165) is 28.3 Å². The number of thiazole rings is 1. The molecular formula is C19H17N3O3S2. The van der Waals surface area contributed by atoms with Crippen molar-refractivity contribution in [2.24, 2.45) is 0 Å². The fourth-order valence-electron chi connectivity index (χ4n) is 2.28. The van der Waals surface area contributed by atoms with E-state index in [0.29, 0.717) is 9.75 Å². The summed E-state index contributed by atoms with van der Waals surface area (Å²) < 4.78 is 0. The highest BCUT2D eigenvalue weighted by atomic mass is 32.1. The van der Waals surface area contributed by atoms with E-state index in [4.69, 9.17) is 0 Å². The van der Waals surface area contributed by atoms with Crippen LogP contribution in [0.25, 0.3) is 10.6 Å². The number of nitrogens with one attached hydrogen (secondary N) is 2. The van der Waals surface area contributed by atoms with Crippen molar-refractivity contribution in [1.29, 1.82) is 0 Å². The van der Waals surface area contributed by atoms with E-state index in [1.54, 1.807) is 17.5 Å². The summed E-state index contributed by atoms with van der Waals surface area (Å²) in [7, 11) is 0. The minimum atomic E-state index is -0.501. The van der Waals surface area contributed by atoms with E-state index >= 15 is 0 Å². The van der Waals surface area contributed by atoms with Gasteiger partial charge in [-0.15, -0.1) is 22.7 Å². The molecule has 1 aromatic carbocycles. The third kappa shape index (κ3) is 4.47. The number of rotatable bonds is 5. The summed E-state index contributed by atoms with van der Waals surface area (Å²) in [5.74, 6) is -1.09. The molecule has 0 aliphatic carbocycles. The molecular weight excluding hydrogens is 382 g/mol. The van der Waals surface area contributed by atoms with Gasteiger partial charge in [0, 0.05) is 10.9 Å². The molecule has 0 radical (unpaired) electrons. The molecule has 0 aliphatic rings. The number of thiophene rings is 1. The highest BCUT2D eigenvalue weighted by molar-refractivity contribution is 7.16. The topological polar surface area (TPSA) is 88.2 Å². The molecule has 2 N–H and O–H groups in total. The van der Waals surface area contributed by atoms with E-state index in [2.05, 4.69) is 22.8 Å². The number of ketones is 1. The van der Waals surface area contributed by atoms with Crippen LogP contribution in [0.15, 0.2) is 41.8 Å². The lowest BCUT2D eigenvalue weighted by Gasteiger charge is -2.04. The predicted molar refractivity (Wildman–Crippen MR) is 106 cm³/mol. The quantitative estimate of drug-likeness (QED) is 0.506. The number of nitrogens with zero attached hydrogens (tertiary/aromatic N) is 1. The second-order valence-electron chi connectivity index (χ2n) is 5.72. The second-order valence-corrected chi connectivity index (χ2v) is 7.66. The van der Waals surface area contributed by atoms with Gasteiger partial charge in [-0.3, -0.25) is 25.2 Å².